The molecule has 0 spiro atoms. The van der Waals surface area contributed by atoms with Crippen LogP contribution >= 0.6 is 0 Å². The Morgan fingerprint density at radius 1 is 0.882 bits per heavy atom. The molecule has 1 N–H and O–H groups in total. The zero-order chi connectivity index (χ0) is 23.2. The van der Waals surface area contributed by atoms with Crippen LogP contribution in [0.5, 0.6) is 0 Å². The highest BCUT2D eigenvalue weighted by Gasteiger charge is 2.18. The molecule has 5 rings (SSSR count). The van der Waals surface area contributed by atoms with Crippen molar-refractivity contribution in [1.82, 2.24) is 24.8 Å². The summed E-state index contributed by atoms with van der Waals surface area (Å²) in [5, 5.41) is 4.27. The van der Waals surface area contributed by atoms with Crippen LogP contribution in [0.1, 0.15) is 6.42 Å². The Balaban J connectivity index is 1.12. The molecule has 7 heteroatoms. The highest BCUT2D eigenvalue weighted by atomic mass is 16.1. The van der Waals surface area contributed by atoms with Gasteiger partial charge >= 0.3 is 0 Å². The van der Waals surface area contributed by atoms with Crippen molar-refractivity contribution in [3.63, 3.8) is 0 Å². The summed E-state index contributed by atoms with van der Waals surface area (Å²) in [6.45, 7) is 5.81. The first-order valence-electron chi connectivity index (χ1n) is 11.9. The number of hydrogen-bond donors (Lipinski definition) is 1. The Morgan fingerprint density at radius 2 is 1.62 bits per heavy atom. The average molecular weight is 455 g/mol. The fourth-order valence-corrected chi connectivity index (χ4v) is 4.58. The van der Waals surface area contributed by atoms with Gasteiger partial charge in [-0.1, -0.05) is 48.5 Å². The van der Waals surface area contributed by atoms with Gasteiger partial charge in [0, 0.05) is 61.7 Å². The molecule has 3 heterocycles. The van der Waals surface area contributed by atoms with Gasteiger partial charge in [0.2, 0.25) is 11.9 Å². The molecular formula is C27H30N6O. The lowest BCUT2D eigenvalue weighted by Gasteiger charge is -2.34. The van der Waals surface area contributed by atoms with Crippen molar-refractivity contribution in [3.05, 3.63) is 79.1 Å². The number of benzene rings is 2. The third-order valence-electron chi connectivity index (χ3n) is 6.36. The van der Waals surface area contributed by atoms with E-state index >= 15 is 0 Å². The van der Waals surface area contributed by atoms with Crippen molar-refractivity contribution in [2.45, 2.75) is 13.0 Å². The van der Waals surface area contributed by atoms with Crippen LogP contribution in [0.15, 0.2) is 79.1 Å². The summed E-state index contributed by atoms with van der Waals surface area (Å²) >= 11 is 0. The smallest absolute Gasteiger partial charge is 0.239 e. The minimum absolute atomic E-state index is 0.0459. The third kappa shape index (κ3) is 5.10. The van der Waals surface area contributed by atoms with Crippen molar-refractivity contribution in [3.8, 4) is 11.3 Å². The van der Waals surface area contributed by atoms with E-state index in [9.17, 15) is 4.79 Å². The average Bonchev–Trinajstić information content (AvgIpc) is 3.26. The van der Waals surface area contributed by atoms with Crippen molar-refractivity contribution < 1.29 is 4.79 Å². The molecule has 34 heavy (non-hydrogen) atoms. The SMILES string of the molecule is O=C(Cn1c(-c2ccccc2)cc2ccccc21)NCCCN1CCN(c2ncccn2)CC1. The number of rotatable bonds is 8. The summed E-state index contributed by atoms with van der Waals surface area (Å²) in [6, 6.07) is 22.5. The lowest BCUT2D eigenvalue weighted by atomic mass is 10.1. The van der Waals surface area contributed by atoms with Gasteiger partial charge in [0.05, 0.1) is 0 Å². The van der Waals surface area contributed by atoms with E-state index in [1.165, 1.54) is 0 Å². The second kappa shape index (κ2) is 10.5. The monoisotopic (exact) mass is 454 g/mol. The van der Waals surface area contributed by atoms with Crippen molar-refractivity contribution in [1.29, 1.82) is 0 Å². The summed E-state index contributed by atoms with van der Waals surface area (Å²) < 4.78 is 2.12. The van der Waals surface area contributed by atoms with Gasteiger partial charge in [-0.25, -0.2) is 9.97 Å². The number of aromatic nitrogens is 3. The zero-order valence-corrected chi connectivity index (χ0v) is 19.3. The van der Waals surface area contributed by atoms with E-state index < -0.39 is 0 Å². The minimum atomic E-state index is 0.0459. The Hall–Kier alpha value is -3.71. The van der Waals surface area contributed by atoms with Gasteiger partial charge in [-0.3, -0.25) is 9.69 Å². The molecule has 1 fully saturated rings. The van der Waals surface area contributed by atoms with Crippen LogP contribution in [0.2, 0.25) is 0 Å². The molecule has 1 aliphatic rings. The number of carbonyl (C=O) groups is 1. The molecule has 0 atom stereocenters. The van der Waals surface area contributed by atoms with E-state index in [4.69, 9.17) is 0 Å². The maximum Gasteiger partial charge on any atom is 0.239 e. The molecule has 2 aromatic carbocycles. The fourth-order valence-electron chi connectivity index (χ4n) is 4.58. The van der Waals surface area contributed by atoms with E-state index in [0.717, 1.165) is 67.3 Å². The summed E-state index contributed by atoms with van der Waals surface area (Å²) in [5.74, 6) is 0.853. The number of nitrogens with zero attached hydrogens (tertiary/aromatic N) is 5. The molecule has 0 aliphatic carbocycles. The largest absolute Gasteiger partial charge is 0.355 e. The topological polar surface area (TPSA) is 66.3 Å². The minimum Gasteiger partial charge on any atom is -0.355 e. The number of para-hydroxylation sites is 1. The van der Waals surface area contributed by atoms with Gasteiger partial charge in [0.15, 0.2) is 0 Å². The second-order valence-corrected chi connectivity index (χ2v) is 8.62. The summed E-state index contributed by atoms with van der Waals surface area (Å²) in [7, 11) is 0. The van der Waals surface area contributed by atoms with Crippen LogP contribution < -0.4 is 10.2 Å². The van der Waals surface area contributed by atoms with E-state index in [0.29, 0.717) is 13.1 Å². The molecule has 7 nitrogen and oxygen atoms in total. The normalized spacial score (nSPS) is 14.4. The maximum absolute atomic E-state index is 12.8. The van der Waals surface area contributed by atoms with E-state index in [1.54, 1.807) is 12.4 Å². The highest BCUT2D eigenvalue weighted by Crippen LogP contribution is 2.28. The van der Waals surface area contributed by atoms with Crippen molar-refractivity contribution in [2.75, 3.05) is 44.2 Å². The number of anilines is 1. The molecule has 0 unspecified atom stereocenters. The number of carbonyl (C=O) groups excluding carboxylic acids is 1. The Morgan fingerprint density at radius 3 is 2.41 bits per heavy atom. The first-order chi connectivity index (χ1) is 16.8. The van der Waals surface area contributed by atoms with Gasteiger partial charge in [-0.15, -0.1) is 0 Å². The summed E-state index contributed by atoms with van der Waals surface area (Å²) in [6.07, 6.45) is 4.51. The quantitative estimate of drug-likeness (QED) is 0.413. The molecule has 0 saturated carbocycles. The standard InChI is InChI=1S/C27H30N6O/c34-26(28-14-7-15-31-16-18-32(19-17-31)27-29-12-6-13-30-27)21-33-24-11-5-4-10-23(24)20-25(33)22-8-2-1-3-9-22/h1-6,8-13,20H,7,14-19,21H2,(H,28,34). The first-order valence-corrected chi connectivity index (χ1v) is 11.9. The molecule has 0 radical (unpaired) electrons. The fraction of sp³-hybridized carbons (Fsp3) is 0.296. The zero-order valence-electron chi connectivity index (χ0n) is 19.3. The van der Waals surface area contributed by atoms with E-state index in [-0.39, 0.29) is 5.91 Å². The van der Waals surface area contributed by atoms with Gasteiger partial charge in [0.25, 0.3) is 0 Å². The molecule has 1 aliphatic heterocycles. The van der Waals surface area contributed by atoms with Gasteiger partial charge in [0.1, 0.15) is 6.54 Å². The van der Waals surface area contributed by atoms with Crippen molar-refractivity contribution >= 4 is 22.8 Å². The molecular weight excluding hydrogens is 424 g/mol. The lowest BCUT2D eigenvalue weighted by molar-refractivity contribution is -0.121. The number of amides is 1. The molecule has 0 bridgehead atoms. The maximum atomic E-state index is 12.8. The Bertz CT molecular complexity index is 1220. The molecule has 2 aromatic heterocycles. The molecule has 174 valence electrons. The third-order valence-corrected chi connectivity index (χ3v) is 6.36. The molecule has 1 saturated heterocycles. The Labute approximate surface area is 200 Å². The van der Waals surface area contributed by atoms with Gasteiger partial charge in [-0.05, 0) is 36.7 Å². The predicted octanol–water partition coefficient (Wildman–Crippen LogP) is 3.43. The van der Waals surface area contributed by atoms with Gasteiger partial charge < -0.3 is 14.8 Å². The van der Waals surface area contributed by atoms with Crippen LogP contribution in [0.3, 0.4) is 0 Å². The van der Waals surface area contributed by atoms with Crippen LogP contribution in [0.4, 0.5) is 5.95 Å². The molecule has 4 aromatic rings. The van der Waals surface area contributed by atoms with Crippen LogP contribution in [0.25, 0.3) is 22.2 Å². The summed E-state index contributed by atoms with van der Waals surface area (Å²) in [4.78, 5) is 26.2. The number of nitrogens with one attached hydrogen (secondary N) is 1. The lowest BCUT2D eigenvalue weighted by Crippen LogP contribution is -2.47. The Kier molecular flexibility index (Phi) is 6.81. The van der Waals surface area contributed by atoms with Crippen LogP contribution in [-0.2, 0) is 11.3 Å². The summed E-state index contributed by atoms with van der Waals surface area (Å²) in [5.41, 5.74) is 3.26. The van der Waals surface area contributed by atoms with E-state index in [1.807, 2.05) is 36.4 Å². The van der Waals surface area contributed by atoms with E-state index in [2.05, 4.69) is 60.0 Å². The second-order valence-electron chi connectivity index (χ2n) is 8.62. The van der Waals surface area contributed by atoms with Gasteiger partial charge in [-0.2, -0.15) is 0 Å². The molecule has 1 amide bonds. The van der Waals surface area contributed by atoms with Crippen LogP contribution in [0, 0.1) is 0 Å². The van der Waals surface area contributed by atoms with Crippen LogP contribution in [-0.4, -0.2) is 64.6 Å². The first kappa shape index (κ1) is 22.1. The van der Waals surface area contributed by atoms with Crippen molar-refractivity contribution in [2.24, 2.45) is 0 Å². The number of hydrogen-bond acceptors (Lipinski definition) is 5. The predicted molar refractivity (Wildman–Crippen MR) is 136 cm³/mol. The highest BCUT2D eigenvalue weighted by molar-refractivity contribution is 5.89. The number of piperazine rings is 1. The number of fused-ring (bicyclic) bond motifs is 1.